The van der Waals surface area contributed by atoms with Crippen molar-refractivity contribution >= 4 is 21.2 Å². The molecule has 0 aromatic heterocycles. The van der Waals surface area contributed by atoms with E-state index < -0.39 is 9.84 Å². The van der Waals surface area contributed by atoms with Crippen LogP contribution in [0.25, 0.3) is 0 Å². The van der Waals surface area contributed by atoms with Crippen molar-refractivity contribution in [3.05, 3.63) is 48.5 Å². The minimum Gasteiger partial charge on any atom is -0.399 e. The molecule has 21 heavy (non-hydrogen) atoms. The highest BCUT2D eigenvalue weighted by Crippen LogP contribution is 2.23. The van der Waals surface area contributed by atoms with E-state index in [0.29, 0.717) is 5.69 Å². The number of hydrogen-bond acceptors (Lipinski definition) is 4. The summed E-state index contributed by atoms with van der Waals surface area (Å²) in [5, 5.41) is 3.26. The van der Waals surface area contributed by atoms with Crippen LogP contribution in [-0.2, 0) is 9.84 Å². The lowest BCUT2D eigenvalue weighted by atomic mass is 10.3. The number of nitrogens with two attached hydrogens (primary N) is 1. The lowest BCUT2D eigenvalue weighted by Gasteiger charge is -2.08. The standard InChI is InChI=1S/C16H20N2O2S/c1-2-3-12-18-14-6-10-16(11-7-14)21(19,20)15-8-4-13(17)5-9-15/h4-11,18H,2-3,12,17H2,1H3. The summed E-state index contributed by atoms with van der Waals surface area (Å²) in [6.07, 6.45) is 2.21. The summed E-state index contributed by atoms with van der Waals surface area (Å²) >= 11 is 0. The number of sulfone groups is 1. The van der Waals surface area contributed by atoms with Crippen molar-refractivity contribution in [2.24, 2.45) is 0 Å². The molecule has 0 fully saturated rings. The SMILES string of the molecule is CCCCNc1ccc(S(=O)(=O)c2ccc(N)cc2)cc1. The van der Waals surface area contributed by atoms with Gasteiger partial charge in [0.1, 0.15) is 0 Å². The van der Waals surface area contributed by atoms with Crippen LogP contribution in [0.5, 0.6) is 0 Å². The zero-order valence-electron chi connectivity index (χ0n) is 12.0. The number of nitrogen functional groups attached to an aromatic ring is 1. The van der Waals surface area contributed by atoms with Gasteiger partial charge in [0.15, 0.2) is 0 Å². The van der Waals surface area contributed by atoms with Gasteiger partial charge in [-0.15, -0.1) is 0 Å². The Morgan fingerprint density at radius 3 is 2.00 bits per heavy atom. The number of benzene rings is 2. The van der Waals surface area contributed by atoms with Gasteiger partial charge in [0.25, 0.3) is 0 Å². The Labute approximate surface area is 125 Å². The van der Waals surface area contributed by atoms with E-state index in [-0.39, 0.29) is 9.79 Å². The van der Waals surface area contributed by atoms with E-state index in [1.54, 1.807) is 36.4 Å². The number of unbranched alkanes of at least 4 members (excludes halogenated alkanes) is 1. The highest BCUT2D eigenvalue weighted by molar-refractivity contribution is 7.91. The van der Waals surface area contributed by atoms with Gasteiger partial charge >= 0.3 is 0 Å². The Morgan fingerprint density at radius 2 is 1.48 bits per heavy atom. The molecule has 0 atom stereocenters. The smallest absolute Gasteiger partial charge is 0.206 e. The van der Waals surface area contributed by atoms with Crippen molar-refractivity contribution in [1.82, 2.24) is 0 Å². The van der Waals surface area contributed by atoms with Gasteiger partial charge in [-0.2, -0.15) is 0 Å². The normalized spacial score (nSPS) is 11.3. The Balaban J connectivity index is 2.19. The molecule has 0 saturated carbocycles. The summed E-state index contributed by atoms with van der Waals surface area (Å²) < 4.78 is 24.9. The van der Waals surface area contributed by atoms with E-state index in [4.69, 9.17) is 5.73 Å². The van der Waals surface area contributed by atoms with Crippen molar-refractivity contribution in [2.45, 2.75) is 29.6 Å². The second kappa shape index (κ2) is 6.63. The van der Waals surface area contributed by atoms with Crippen LogP contribution in [0.3, 0.4) is 0 Å². The maximum Gasteiger partial charge on any atom is 0.206 e. The summed E-state index contributed by atoms with van der Waals surface area (Å²) in [6.45, 7) is 3.02. The van der Waals surface area contributed by atoms with Gasteiger partial charge in [-0.25, -0.2) is 8.42 Å². The average Bonchev–Trinajstić information content (AvgIpc) is 2.48. The Kier molecular flexibility index (Phi) is 4.85. The van der Waals surface area contributed by atoms with Gasteiger partial charge in [0.05, 0.1) is 9.79 Å². The van der Waals surface area contributed by atoms with Crippen LogP contribution in [0.4, 0.5) is 11.4 Å². The van der Waals surface area contributed by atoms with E-state index in [1.165, 1.54) is 12.1 Å². The molecule has 0 heterocycles. The number of anilines is 2. The van der Waals surface area contributed by atoms with E-state index in [1.807, 2.05) is 0 Å². The maximum atomic E-state index is 12.5. The molecule has 0 saturated heterocycles. The van der Waals surface area contributed by atoms with E-state index in [0.717, 1.165) is 25.1 Å². The third-order valence-electron chi connectivity index (χ3n) is 3.21. The zero-order valence-corrected chi connectivity index (χ0v) is 12.9. The molecule has 0 radical (unpaired) electrons. The van der Waals surface area contributed by atoms with Crippen LogP contribution in [0, 0.1) is 0 Å². The molecular formula is C16H20N2O2S. The molecule has 5 heteroatoms. The maximum absolute atomic E-state index is 12.5. The van der Waals surface area contributed by atoms with Crippen LogP contribution in [0.2, 0.25) is 0 Å². The first-order valence-electron chi connectivity index (χ1n) is 6.98. The first-order valence-corrected chi connectivity index (χ1v) is 8.47. The summed E-state index contributed by atoms with van der Waals surface area (Å²) in [6, 6.07) is 13.1. The molecule has 4 nitrogen and oxygen atoms in total. The molecule has 0 aliphatic carbocycles. The van der Waals surface area contributed by atoms with Crippen molar-refractivity contribution in [3.63, 3.8) is 0 Å². The monoisotopic (exact) mass is 304 g/mol. The Morgan fingerprint density at radius 1 is 0.952 bits per heavy atom. The molecule has 112 valence electrons. The third kappa shape index (κ3) is 3.76. The fourth-order valence-corrected chi connectivity index (χ4v) is 3.21. The largest absolute Gasteiger partial charge is 0.399 e. The first-order chi connectivity index (χ1) is 10.0. The van der Waals surface area contributed by atoms with Crippen molar-refractivity contribution in [3.8, 4) is 0 Å². The summed E-state index contributed by atoms with van der Waals surface area (Å²) in [4.78, 5) is 0.539. The molecule has 0 bridgehead atoms. The molecule has 0 aliphatic rings. The van der Waals surface area contributed by atoms with Crippen LogP contribution in [0.1, 0.15) is 19.8 Å². The number of nitrogens with one attached hydrogen (secondary N) is 1. The molecular weight excluding hydrogens is 284 g/mol. The van der Waals surface area contributed by atoms with Gasteiger partial charge < -0.3 is 11.1 Å². The summed E-state index contributed by atoms with van der Waals surface area (Å²) in [5.41, 5.74) is 7.06. The summed E-state index contributed by atoms with van der Waals surface area (Å²) in [7, 11) is -3.48. The molecule has 0 spiro atoms. The van der Waals surface area contributed by atoms with Crippen LogP contribution in [0.15, 0.2) is 58.3 Å². The van der Waals surface area contributed by atoms with Crippen molar-refractivity contribution in [1.29, 1.82) is 0 Å². The first kappa shape index (κ1) is 15.4. The predicted octanol–water partition coefficient (Wildman–Crippen LogP) is 3.31. The second-order valence-electron chi connectivity index (χ2n) is 4.88. The lowest BCUT2D eigenvalue weighted by molar-refractivity contribution is 0.596. The number of hydrogen-bond donors (Lipinski definition) is 2. The second-order valence-corrected chi connectivity index (χ2v) is 6.83. The molecule has 0 aliphatic heterocycles. The van der Waals surface area contributed by atoms with E-state index >= 15 is 0 Å². The molecule has 0 unspecified atom stereocenters. The van der Waals surface area contributed by atoms with Crippen LogP contribution >= 0.6 is 0 Å². The van der Waals surface area contributed by atoms with Gasteiger partial charge in [0.2, 0.25) is 9.84 Å². The predicted molar refractivity (Wildman–Crippen MR) is 86.1 cm³/mol. The van der Waals surface area contributed by atoms with Gasteiger partial charge in [-0.3, -0.25) is 0 Å². The number of rotatable bonds is 6. The van der Waals surface area contributed by atoms with Crippen molar-refractivity contribution in [2.75, 3.05) is 17.6 Å². The quantitative estimate of drug-likeness (QED) is 0.634. The van der Waals surface area contributed by atoms with Crippen LogP contribution < -0.4 is 11.1 Å². The third-order valence-corrected chi connectivity index (χ3v) is 5.00. The topological polar surface area (TPSA) is 72.2 Å². The van der Waals surface area contributed by atoms with Gasteiger partial charge in [-0.05, 0) is 55.0 Å². The van der Waals surface area contributed by atoms with E-state index in [9.17, 15) is 8.42 Å². The minimum absolute atomic E-state index is 0.253. The Hall–Kier alpha value is -2.01. The van der Waals surface area contributed by atoms with Crippen molar-refractivity contribution < 1.29 is 8.42 Å². The summed E-state index contributed by atoms with van der Waals surface area (Å²) in [5.74, 6) is 0. The highest BCUT2D eigenvalue weighted by Gasteiger charge is 2.17. The lowest BCUT2D eigenvalue weighted by Crippen LogP contribution is -2.04. The van der Waals surface area contributed by atoms with Gasteiger partial charge in [-0.1, -0.05) is 13.3 Å². The molecule has 2 aromatic carbocycles. The average molecular weight is 304 g/mol. The Bertz CT molecular complexity index is 677. The molecule has 2 aromatic rings. The minimum atomic E-state index is -3.48. The fraction of sp³-hybridized carbons (Fsp3) is 0.250. The fourth-order valence-electron chi connectivity index (χ4n) is 1.94. The molecule has 2 rings (SSSR count). The highest BCUT2D eigenvalue weighted by atomic mass is 32.2. The van der Waals surface area contributed by atoms with Gasteiger partial charge in [0, 0.05) is 17.9 Å². The van der Waals surface area contributed by atoms with Crippen LogP contribution in [-0.4, -0.2) is 15.0 Å². The molecule has 3 N–H and O–H groups in total. The molecule has 0 amide bonds. The van der Waals surface area contributed by atoms with E-state index in [2.05, 4.69) is 12.2 Å². The zero-order chi connectivity index (χ0) is 15.3.